The van der Waals surface area contributed by atoms with E-state index in [1.54, 1.807) is 0 Å². The first-order chi connectivity index (χ1) is 10.5. The van der Waals surface area contributed by atoms with Crippen LogP contribution in [0.25, 0.3) is 0 Å². The number of sulfonamides is 1. The highest BCUT2D eigenvalue weighted by molar-refractivity contribution is 7.89. The maximum absolute atomic E-state index is 12.4. The SMILES string of the molecule is CC1(C)OB(c2cnc(N)c(S(=O)(=O)NC3CC3)c2)OC1(C)C. The molecule has 0 atom stereocenters. The van der Waals surface area contributed by atoms with Gasteiger partial charge in [0.2, 0.25) is 10.0 Å². The van der Waals surface area contributed by atoms with Crippen molar-refractivity contribution in [2.45, 2.75) is 62.7 Å². The lowest BCUT2D eigenvalue weighted by atomic mass is 9.80. The molecule has 23 heavy (non-hydrogen) atoms. The maximum atomic E-state index is 12.4. The van der Waals surface area contributed by atoms with Crippen molar-refractivity contribution in [1.29, 1.82) is 0 Å². The van der Waals surface area contributed by atoms with Crippen molar-refractivity contribution in [2.75, 3.05) is 5.73 Å². The summed E-state index contributed by atoms with van der Waals surface area (Å²) in [6, 6.07) is 1.48. The number of nitrogens with zero attached hydrogens (tertiary/aromatic N) is 1. The molecule has 0 bridgehead atoms. The van der Waals surface area contributed by atoms with Crippen molar-refractivity contribution in [1.82, 2.24) is 9.71 Å². The van der Waals surface area contributed by atoms with Crippen LogP contribution in [0.4, 0.5) is 5.82 Å². The van der Waals surface area contributed by atoms with Crippen molar-refractivity contribution in [2.24, 2.45) is 0 Å². The number of aromatic nitrogens is 1. The topological polar surface area (TPSA) is 104 Å². The normalized spacial score (nSPS) is 23.2. The van der Waals surface area contributed by atoms with E-state index in [4.69, 9.17) is 15.0 Å². The summed E-state index contributed by atoms with van der Waals surface area (Å²) in [6.45, 7) is 7.74. The standard InChI is InChI=1S/C14H22BN3O4S/c1-13(2)14(3,4)22-15(21-13)9-7-11(12(16)17-8-9)23(19,20)18-10-5-6-10/h7-8,10,18H,5-6H2,1-4H3,(H2,16,17). The van der Waals surface area contributed by atoms with Gasteiger partial charge in [0.05, 0.1) is 11.2 Å². The molecule has 1 aromatic heterocycles. The summed E-state index contributed by atoms with van der Waals surface area (Å²) >= 11 is 0. The van der Waals surface area contributed by atoms with E-state index < -0.39 is 28.3 Å². The first-order valence-corrected chi connectivity index (χ1v) is 9.13. The first kappa shape index (κ1) is 16.7. The molecule has 1 saturated carbocycles. The lowest BCUT2D eigenvalue weighted by Crippen LogP contribution is -2.41. The highest BCUT2D eigenvalue weighted by Gasteiger charge is 2.52. The van der Waals surface area contributed by atoms with E-state index in [2.05, 4.69) is 9.71 Å². The summed E-state index contributed by atoms with van der Waals surface area (Å²) in [5, 5.41) is 0. The molecule has 2 heterocycles. The predicted octanol–water partition coefficient (Wildman–Crippen LogP) is 0.404. The van der Waals surface area contributed by atoms with Crippen LogP contribution in [0.1, 0.15) is 40.5 Å². The maximum Gasteiger partial charge on any atom is 0.496 e. The van der Waals surface area contributed by atoms with Gasteiger partial charge in [-0.3, -0.25) is 0 Å². The van der Waals surface area contributed by atoms with Gasteiger partial charge in [-0.2, -0.15) is 0 Å². The monoisotopic (exact) mass is 339 g/mol. The molecule has 0 amide bonds. The van der Waals surface area contributed by atoms with E-state index in [1.165, 1.54) is 12.3 Å². The largest absolute Gasteiger partial charge is 0.496 e. The van der Waals surface area contributed by atoms with Gasteiger partial charge in [-0.1, -0.05) is 0 Å². The Kier molecular flexibility index (Phi) is 3.75. The Hall–Kier alpha value is -1.16. The Labute approximate surface area is 137 Å². The van der Waals surface area contributed by atoms with Gasteiger partial charge in [0.25, 0.3) is 0 Å². The van der Waals surface area contributed by atoms with Crippen LogP contribution in [0.5, 0.6) is 0 Å². The van der Waals surface area contributed by atoms with Crippen molar-refractivity contribution in [3.8, 4) is 0 Å². The molecule has 2 aliphatic rings. The van der Waals surface area contributed by atoms with Crippen LogP contribution in [-0.4, -0.2) is 37.8 Å². The lowest BCUT2D eigenvalue weighted by molar-refractivity contribution is 0.00578. The molecule has 0 aromatic carbocycles. The second kappa shape index (κ2) is 5.17. The molecule has 9 heteroatoms. The van der Waals surface area contributed by atoms with E-state index in [0.29, 0.717) is 5.46 Å². The molecule has 2 fully saturated rings. The van der Waals surface area contributed by atoms with Crippen LogP contribution in [0.2, 0.25) is 0 Å². The molecule has 1 saturated heterocycles. The molecule has 126 valence electrons. The van der Waals surface area contributed by atoms with Gasteiger partial charge in [0.15, 0.2) is 0 Å². The van der Waals surface area contributed by atoms with Crippen molar-refractivity contribution >= 4 is 28.4 Å². The molecular formula is C14H22BN3O4S. The molecular weight excluding hydrogens is 317 g/mol. The molecule has 0 radical (unpaired) electrons. The van der Waals surface area contributed by atoms with Crippen LogP contribution in [-0.2, 0) is 19.3 Å². The van der Waals surface area contributed by atoms with Gasteiger partial charge in [-0.05, 0) is 46.6 Å². The Morgan fingerprint density at radius 3 is 2.35 bits per heavy atom. The molecule has 7 nitrogen and oxygen atoms in total. The van der Waals surface area contributed by atoms with Crippen LogP contribution >= 0.6 is 0 Å². The van der Waals surface area contributed by atoms with Crippen LogP contribution in [0.3, 0.4) is 0 Å². The van der Waals surface area contributed by atoms with Gasteiger partial charge in [0, 0.05) is 17.7 Å². The summed E-state index contributed by atoms with van der Waals surface area (Å²) in [4.78, 5) is 3.98. The number of rotatable bonds is 4. The molecule has 1 aromatic rings. The number of anilines is 1. The van der Waals surface area contributed by atoms with Crippen molar-refractivity contribution < 1.29 is 17.7 Å². The minimum atomic E-state index is -3.69. The quantitative estimate of drug-likeness (QED) is 0.770. The first-order valence-electron chi connectivity index (χ1n) is 7.65. The summed E-state index contributed by atoms with van der Waals surface area (Å²) < 4.78 is 39.3. The lowest BCUT2D eigenvalue weighted by Gasteiger charge is -2.32. The average molecular weight is 339 g/mol. The summed E-state index contributed by atoms with van der Waals surface area (Å²) in [6.07, 6.45) is 3.20. The molecule has 0 unspecified atom stereocenters. The summed E-state index contributed by atoms with van der Waals surface area (Å²) in [5.41, 5.74) is 5.28. The number of pyridine rings is 1. The fourth-order valence-corrected chi connectivity index (χ4v) is 3.70. The van der Waals surface area contributed by atoms with Crippen molar-refractivity contribution in [3.05, 3.63) is 12.3 Å². The number of nitrogens with two attached hydrogens (primary N) is 1. The zero-order valence-corrected chi connectivity index (χ0v) is 14.6. The molecule has 1 aliphatic heterocycles. The fourth-order valence-electron chi connectivity index (χ4n) is 2.28. The third-order valence-electron chi connectivity index (χ3n) is 4.62. The second-order valence-corrected chi connectivity index (χ2v) is 8.82. The van der Waals surface area contributed by atoms with Gasteiger partial charge in [-0.15, -0.1) is 0 Å². The number of nitrogens with one attached hydrogen (secondary N) is 1. The minimum absolute atomic E-state index is 0.0000895. The summed E-state index contributed by atoms with van der Waals surface area (Å²) in [7, 11) is -4.36. The van der Waals surface area contributed by atoms with Crippen LogP contribution in [0, 0.1) is 0 Å². The Morgan fingerprint density at radius 2 is 1.83 bits per heavy atom. The highest BCUT2D eigenvalue weighted by Crippen LogP contribution is 2.36. The van der Waals surface area contributed by atoms with E-state index in [9.17, 15) is 8.42 Å². The number of nitrogen functional groups attached to an aromatic ring is 1. The number of hydrogen-bond acceptors (Lipinski definition) is 6. The molecule has 1 aliphatic carbocycles. The smallest absolute Gasteiger partial charge is 0.399 e. The fraction of sp³-hybridized carbons (Fsp3) is 0.643. The third-order valence-corrected chi connectivity index (χ3v) is 6.17. The van der Waals surface area contributed by atoms with E-state index in [-0.39, 0.29) is 16.8 Å². The van der Waals surface area contributed by atoms with Gasteiger partial charge in [-0.25, -0.2) is 18.1 Å². The van der Waals surface area contributed by atoms with Crippen LogP contribution < -0.4 is 15.9 Å². The second-order valence-electron chi connectivity index (χ2n) is 7.14. The Morgan fingerprint density at radius 1 is 1.26 bits per heavy atom. The average Bonchev–Trinajstić information content (AvgIpc) is 3.16. The third kappa shape index (κ3) is 3.10. The minimum Gasteiger partial charge on any atom is -0.399 e. The zero-order chi connectivity index (χ0) is 17.0. The van der Waals surface area contributed by atoms with E-state index in [0.717, 1.165) is 12.8 Å². The van der Waals surface area contributed by atoms with Crippen molar-refractivity contribution in [3.63, 3.8) is 0 Å². The molecule has 3 N–H and O–H groups in total. The van der Waals surface area contributed by atoms with Gasteiger partial charge >= 0.3 is 7.12 Å². The van der Waals surface area contributed by atoms with E-state index >= 15 is 0 Å². The van der Waals surface area contributed by atoms with Gasteiger partial charge < -0.3 is 15.0 Å². The Balaban J connectivity index is 1.92. The number of hydrogen-bond donors (Lipinski definition) is 2. The summed E-state index contributed by atoms with van der Waals surface area (Å²) in [5.74, 6) is -0.0292. The predicted molar refractivity (Wildman–Crippen MR) is 87.7 cm³/mol. The molecule has 0 spiro atoms. The van der Waals surface area contributed by atoms with Crippen LogP contribution in [0.15, 0.2) is 17.2 Å². The highest BCUT2D eigenvalue weighted by atomic mass is 32.2. The Bertz CT molecular complexity index is 716. The van der Waals surface area contributed by atoms with Gasteiger partial charge in [0.1, 0.15) is 10.7 Å². The van der Waals surface area contributed by atoms with E-state index in [1.807, 2.05) is 27.7 Å². The zero-order valence-electron chi connectivity index (χ0n) is 13.8. The molecule has 3 rings (SSSR count).